The first-order valence-electron chi connectivity index (χ1n) is 3.72. The van der Waals surface area contributed by atoms with Crippen molar-refractivity contribution in [3.63, 3.8) is 0 Å². The van der Waals surface area contributed by atoms with Gasteiger partial charge in [-0.1, -0.05) is 12.2 Å². The number of allylic oxidation sites excluding steroid dienone is 2. The summed E-state index contributed by atoms with van der Waals surface area (Å²) >= 11 is 0. The molecule has 2 heterocycles. The third kappa shape index (κ3) is 1.19. The Morgan fingerprint density at radius 3 is 2.18 bits per heavy atom. The van der Waals surface area contributed by atoms with Crippen molar-refractivity contribution in [1.82, 2.24) is 4.68 Å². The number of rotatable bonds is 1. The molecule has 1 aromatic rings. The molecule has 0 fully saturated rings. The number of hydrogen-bond donors (Lipinski definition) is 0. The van der Waals surface area contributed by atoms with E-state index in [0.29, 0.717) is 0 Å². The van der Waals surface area contributed by atoms with E-state index in [-0.39, 0.29) is 0 Å². The molecule has 0 spiro atoms. The van der Waals surface area contributed by atoms with Gasteiger partial charge in [0.2, 0.25) is 0 Å². The van der Waals surface area contributed by atoms with Gasteiger partial charge in [-0.05, 0) is 18.6 Å². The first-order valence-corrected chi connectivity index (χ1v) is 3.72. The minimum Gasteiger partial charge on any atom is -0.265 e. The summed E-state index contributed by atoms with van der Waals surface area (Å²) in [5, 5.41) is 2.03. The third-order valence-corrected chi connectivity index (χ3v) is 1.64. The highest BCUT2D eigenvalue weighted by Gasteiger charge is 1.96. The average Bonchev–Trinajstić information content (AvgIpc) is 2.58. The van der Waals surface area contributed by atoms with E-state index >= 15 is 0 Å². The molecule has 0 atom stereocenters. The molecule has 2 heteroatoms. The number of nitrogens with zero attached hydrogens (tertiary/aromatic N) is 2. The van der Waals surface area contributed by atoms with Crippen LogP contribution in [0.25, 0.3) is 0 Å². The molecular formula is C9H10N2. The highest BCUT2D eigenvalue weighted by Crippen LogP contribution is 2.02. The zero-order valence-corrected chi connectivity index (χ0v) is 6.22. The predicted octanol–water partition coefficient (Wildman–Crippen LogP) is 1.86. The molecule has 56 valence electrons. The molecule has 0 amide bonds. The zero-order valence-electron chi connectivity index (χ0n) is 6.22. The van der Waals surface area contributed by atoms with Gasteiger partial charge >= 0.3 is 0 Å². The van der Waals surface area contributed by atoms with Crippen LogP contribution in [-0.2, 0) is 0 Å². The van der Waals surface area contributed by atoms with Crippen LogP contribution < -0.4 is 5.01 Å². The van der Waals surface area contributed by atoms with Gasteiger partial charge in [0, 0.05) is 24.8 Å². The molecule has 0 unspecified atom stereocenters. The van der Waals surface area contributed by atoms with Gasteiger partial charge in [0.25, 0.3) is 0 Å². The summed E-state index contributed by atoms with van der Waals surface area (Å²) < 4.78 is 2.02. The maximum absolute atomic E-state index is 2.12. The molecule has 11 heavy (non-hydrogen) atoms. The van der Waals surface area contributed by atoms with Gasteiger partial charge < -0.3 is 0 Å². The van der Waals surface area contributed by atoms with E-state index in [2.05, 4.69) is 24.6 Å². The topological polar surface area (TPSA) is 8.17 Å². The second-order valence-corrected chi connectivity index (χ2v) is 2.45. The predicted molar refractivity (Wildman–Crippen MR) is 45.5 cm³/mol. The fourth-order valence-corrected chi connectivity index (χ4v) is 1.10. The highest BCUT2D eigenvalue weighted by atomic mass is 15.5. The van der Waals surface area contributed by atoms with Crippen LogP contribution in [0.1, 0.15) is 6.42 Å². The van der Waals surface area contributed by atoms with Gasteiger partial charge in [-0.2, -0.15) is 0 Å². The summed E-state index contributed by atoms with van der Waals surface area (Å²) in [5.74, 6) is 0. The van der Waals surface area contributed by atoms with E-state index in [0.717, 1.165) is 6.42 Å². The lowest BCUT2D eigenvalue weighted by Gasteiger charge is -2.18. The van der Waals surface area contributed by atoms with Gasteiger partial charge in [0.1, 0.15) is 0 Å². The first kappa shape index (κ1) is 6.28. The fraction of sp³-hybridized carbons (Fsp3) is 0.111. The van der Waals surface area contributed by atoms with Gasteiger partial charge in [-0.25, -0.2) is 0 Å². The van der Waals surface area contributed by atoms with E-state index in [9.17, 15) is 0 Å². The van der Waals surface area contributed by atoms with Crippen LogP contribution in [0.3, 0.4) is 0 Å². The molecule has 0 saturated heterocycles. The third-order valence-electron chi connectivity index (χ3n) is 1.64. The van der Waals surface area contributed by atoms with Crippen LogP contribution in [0, 0.1) is 0 Å². The SMILES string of the molecule is C1=CN(n2cccc2)C=CC1. The molecule has 2 rings (SSSR count). The number of hydrogen-bond acceptors (Lipinski definition) is 1. The molecule has 1 aliphatic heterocycles. The van der Waals surface area contributed by atoms with Crippen molar-refractivity contribution in [1.29, 1.82) is 0 Å². The van der Waals surface area contributed by atoms with Crippen molar-refractivity contribution in [2.24, 2.45) is 0 Å². The van der Waals surface area contributed by atoms with Crippen LogP contribution in [0.5, 0.6) is 0 Å². The maximum Gasteiger partial charge on any atom is 0.0268 e. The molecule has 0 radical (unpaired) electrons. The highest BCUT2D eigenvalue weighted by molar-refractivity contribution is 5.18. The van der Waals surface area contributed by atoms with Crippen LogP contribution >= 0.6 is 0 Å². The second-order valence-electron chi connectivity index (χ2n) is 2.45. The smallest absolute Gasteiger partial charge is 0.0268 e. The van der Waals surface area contributed by atoms with Crippen molar-refractivity contribution in [3.8, 4) is 0 Å². The normalized spacial score (nSPS) is 15.8. The van der Waals surface area contributed by atoms with Gasteiger partial charge in [0.15, 0.2) is 0 Å². The van der Waals surface area contributed by atoms with Crippen molar-refractivity contribution in [2.75, 3.05) is 5.01 Å². The molecule has 1 aromatic heterocycles. The van der Waals surface area contributed by atoms with Crippen molar-refractivity contribution >= 4 is 0 Å². The summed E-state index contributed by atoms with van der Waals surface area (Å²) in [4.78, 5) is 0. The second kappa shape index (κ2) is 2.66. The first-order chi connectivity index (χ1) is 5.47. The molecule has 1 aliphatic rings. The van der Waals surface area contributed by atoms with Crippen molar-refractivity contribution in [3.05, 3.63) is 49.1 Å². The molecule has 2 nitrogen and oxygen atoms in total. The lowest BCUT2D eigenvalue weighted by Crippen LogP contribution is -2.21. The van der Waals surface area contributed by atoms with Crippen molar-refractivity contribution in [2.45, 2.75) is 6.42 Å². The zero-order chi connectivity index (χ0) is 7.52. The average molecular weight is 146 g/mol. The van der Waals surface area contributed by atoms with Crippen LogP contribution in [0.2, 0.25) is 0 Å². The van der Waals surface area contributed by atoms with Gasteiger partial charge in [0.05, 0.1) is 0 Å². The maximum atomic E-state index is 2.12. The van der Waals surface area contributed by atoms with Gasteiger partial charge in [-0.15, -0.1) is 0 Å². The van der Waals surface area contributed by atoms with E-state index in [1.807, 2.05) is 34.2 Å². The van der Waals surface area contributed by atoms with E-state index in [4.69, 9.17) is 0 Å². The Labute approximate surface area is 66.0 Å². The minimum atomic E-state index is 1.04. The van der Waals surface area contributed by atoms with Crippen LogP contribution in [-0.4, -0.2) is 4.68 Å². The Morgan fingerprint density at radius 1 is 0.909 bits per heavy atom. The van der Waals surface area contributed by atoms with E-state index < -0.39 is 0 Å². The minimum absolute atomic E-state index is 1.04. The van der Waals surface area contributed by atoms with Gasteiger partial charge in [-0.3, -0.25) is 9.69 Å². The standard InChI is InChI=1S/C9H10N2/c1-2-6-10(7-3-1)11-8-4-5-9-11/h2-9H,1H2. The molecular weight excluding hydrogens is 136 g/mol. The quantitative estimate of drug-likeness (QED) is 0.587. The lowest BCUT2D eigenvalue weighted by atomic mass is 10.3. The summed E-state index contributed by atoms with van der Waals surface area (Å²) in [6.07, 6.45) is 13.4. The number of aromatic nitrogens is 1. The summed E-state index contributed by atoms with van der Waals surface area (Å²) in [6.45, 7) is 0. The van der Waals surface area contributed by atoms with Crippen LogP contribution in [0.15, 0.2) is 49.1 Å². The summed E-state index contributed by atoms with van der Waals surface area (Å²) in [6, 6.07) is 4.02. The molecule has 0 aromatic carbocycles. The molecule has 0 saturated carbocycles. The monoisotopic (exact) mass is 146 g/mol. The van der Waals surface area contributed by atoms with Crippen molar-refractivity contribution < 1.29 is 0 Å². The Hall–Kier alpha value is -1.44. The Morgan fingerprint density at radius 2 is 1.55 bits per heavy atom. The largest absolute Gasteiger partial charge is 0.265 e. The Bertz CT molecular complexity index is 258. The fourth-order valence-electron chi connectivity index (χ4n) is 1.10. The van der Waals surface area contributed by atoms with E-state index in [1.54, 1.807) is 0 Å². The molecule has 0 bridgehead atoms. The van der Waals surface area contributed by atoms with E-state index in [1.165, 1.54) is 0 Å². The van der Waals surface area contributed by atoms with Crippen LogP contribution in [0.4, 0.5) is 0 Å². The lowest BCUT2D eigenvalue weighted by molar-refractivity contribution is 0.796. The summed E-state index contributed by atoms with van der Waals surface area (Å²) in [7, 11) is 0. The summed E-state index contributed by atoms with van der Waals surface area (Å²) in [5.41, 5.74) is 0. The molecule has 0 aliphatic carbocycles. The Kier molecular flexibility index (Phi) is 1.52. The molecule has 0 N–H and O–H groups in total. The Balaban J connectivity index is 2.23.